The topological polar surface area (TPSA) is 102 Å². The lowest BCUT2D eigenvalue weighted by Gasteiger charge is -2.13. The summed E-state index contributed by atoms with van der Waals surface area (Å²) < 4.78 is 86.3. The van der Waals surface area contributed by atoms with Crippen molar-refractivity contribution in [3.8, 4) is 5.75 Å². The second-order valence-corrected chi connectivity index (χ2v) is 9.73. The standard InChI is InChI=1S/C17H18F2N2O5S2/c1-2-7-27(22,23)20-15-10-16(14(19)9-13(15)18)21-28(24,25)12-3-4-17-11(8-12)5-6-26-17/h3-4,8-10,20-21H,2,5-7H2,1H3. The molecule has 1 heterocycles. The molecular formula is C17H18F2N2O5S2. The number of nitrogens with one attached hydrogen (secondary N) is 2. The van der Waals surface area contributed by atoms with Crippen molar-refractivity contribution in [3.05, 3.63) is 47.5 Å². The Labute approximate surface area is 161 Å². The van der Waals surface area contributed by atoms with E-state index in [1.165, 1.54) is 18.2 Å². The van der Waals surface area contributed by atoms with Gasteiger partial charge in [-0.3, -0.25) is 9.44 Å². The van der Waals surface area contributed by atoms with E-state index in [1.807, 2.05) is 9.44 Å². The van der Waals surface area contributed by atoms with Crippen LogP contribution >= 0.6 is 0 Å². The molecule has 0 bridgehead atoms. The normalized spacial score (nSPS) is 13.7. The van der Waals surface area contributed by atoms with Gasteiger partial charge >= 0.3 is 0 Å². The summed E-state index contributed by atoms with van der Waals surface area (Å²) in [5.74, 6) is -2.01. The molecule has 1 aliphatic heterocycles. The van der Waals surface area contributed by atoms with E-state index in [1.54, 1.807) is 6.92 Å². The van der Waals surface area contributed by atoms with Crippen LogP contribution < -0.4 is 14.2 Å². The van der Waals surface area contributed by atoms with Gasteiger partial charge in [-0.25, -0.2) is 25.6 Å². The Balaban J connectivity index is 1.92. The second-order valence-electron chi connectivity index (χ2n) is 6.21. The first-order valence-electron chi connectivity index (χ1n) is 8.39. The maximum absolute atomic E-state index is 14.1. The summed E-state index contributed by atoms with van der Waals surface area (Å²) in [6, 6.07) is 5.40. The minimum Gasteiger partial charge on any atom is -0.493 e. The Morgan fingerprint density at radius 1 is 1.00 bits per heavy atom. The molecule has 3 rings (SSSR count). The lowest BCUT2D eigenvalue weighted by atomic mass is 10.2. The Morgan fingerprint density at radius 3 is 2.36 bits per heavy atom. The highest BCUT2D eigenvalue weighted by atomic mass is 32.2. The van der Waals surface area contributed by atoms with E-state index < -0.39 is 43.1 Å². The number of halogens is 2. The van der Waals surface area contributed by atoms with Crippen molar-refractivity contribution in [2.45, 2.75) is 24.7 Å². The van der Waals surface area contributed by atoms with E-state index >= 15 is 0 Å². The van der Waals surface area contributed by atoms with Gasteiger partial charge in [-0.1, -0.05) is 6.92 Å². The van der Waals surface area contributed by atoms with Gasteiger partial charge in [0.15, 0.2) is 0 Å². The quantitative estimate of drug-likeness (QED) is 0.701. The van der Waals surface area contributed by atoms with E-state index in [9.17, 15) is 25.6 Å². The van der Waals surface area contributed by atoms with Gasteiger partial charge in [-0.2, -0.15) is 0 Å². The number of ether oxygens (including phenoxy) is 1. The van der Waals surface area contributed by atoms with E-state index in [0.717, 1.165) is 6.07 Å². The lowest BCUT2D eigenvalue weighted by Crippen LogP contribution is -2.18. The average Bonchev–Trinajstić information content (AvgIpc) is 3.06. The molecule has 0 aromatic heterocycles. The summed E-state index contributed by atoms with van der Waals surface area (Å²) in [5, 5.41) is 0. The van der Waals surface area contributed by atoms with Crippen LogP contribution in [0.1, 0.15) is 18.9 Å². The first kappa shape index (κ1) is 20.3. The smallest absolute Gasteiger partial charge is 0.262 e. The maximum Gasteiger partial charge on any atom is 0.262 e. The average molecular weight is 432 g/mol. The third-order valence-electron chi connectivity index (χ3n) is 4.01. The number of benzene rings is 2. The Hall–Kier alpha value is -2.40. The number of anilines is 2. The molecule has 2 aromatic carbocycles. The predicted molar refractivity (Wildman–Crippen MR) is 101 cm³/mol. The van der Waals surface area contributed by atoms with Crippen LogP contribution in [0.5, 0.6) is 5.75 Å². The molecule has 0 atom stereocenters. The summed E-state index contributed by atoms with van der Waals surface area (Å²) in [6.45, 7) is 2.07. The van der Waals surface area contributed by atoms with Crippen LogP contribution in [-0.4, -0.2) is 29.2 Å². The van der Waals surface area contributed by atoms with Crippen LogP contribution in [0, 0.1) is 11.6 Å². The van der Waals surface area contributed by atoms with Crippen molar-refractivity contribution in [1.29, 1.82) is 0 Å². The molecule has 0 unspecified atom stereocenters. The monoisotopic (exact) mass is 432 g/mol. The summed E-state index contributed by atoms with van der Waals surface area (Å²) in [6.07, 6.45) is 0.840. The number of hydrogen-bond acceptors (Lipinski definition) is 5. The van der Waals surface area contributed by atoms with Gasteiger partial charge in [0.2, 0.25) is 10.0 Å². The summed E-state index contributed by atoms with van der Waals surface area (Å²) in [7, 11) is -8.03. The van der Waals surface area contributed by atoms with Crippen LogP contribution in [0.15, 0.2) is 35.2 Å². The van der Waals surface area contributed by atoms with E-state index in [0.29, 0.717) is 36.8 Å². The molecule has 0 saturated heterocycles. The molecule has 152 valence electrons. The van der Waals surface area contributed by atoms with Crippen LogP contribution in [0.4, 0.5) is 20.2 Å². The highest BCUT2D eigenvalue weighted by Crippen LogP contribution is 2.30. The molecule has 0 spiro atoms. The van der Waals surface area contributed by atoms with Crippen molar-refractivity contribution < 1.29 is 30.4 Å². The van der Waals surface area contributed by atoms with Gasteiger partial charge in [0.05, 0.1) is 28.6 Å². The fraction of sp³-hybridized carbons (Fsp3) is 0.294. The van der Waals surface area contributed by atoms with Gasteiger partial charge in [0.25, 0.3) is 10.0 Å². The number of fused-ring (bicyclic) bond motifs is 1. The zero-order valence-electron chi connectivity index (χ0n) is 14.8. The molecule has 2 N–H and O–H groups in total. The molecular weight excluding hydrogens is 414 g/mol. The van der Waals surface area contributed by atoms with Crippen LogP contribution in [0.25, 0.3) is 0 Å². The van der Waals surface area contributed by atoms with Gasteiger partial charge in [-0.05, 0) is 36.2 Å². The van der Waals surface area contributed by atoms with Crippen molar-refractivity contribution in [1.82, 2.24) is 0 Å². The van der Waals surface area contributed by atoms with Crippen molar-refractivity contribution >= 4 is 31.4 Å². The Morgan fingerprint density at radius 2 is 1.68 bits per heavy atom. The van der Waals surface area contributed by atoms with Gasteiger partial charge < -0.3 is 4.74 Å². The fourth-order valence-electron chi connectivity index (χ4n) is 2.73. The third kappa shape index (κ3) is 4.36. The first-order valence-corrected chi connectivity index (χ1v) is 11.5. The zero-order chi connectivity index (χ0) is 20.5. The molecule has 0 fully saturated rings. The molecule has 1 aliphatic rings. The molecule has 0 aliphatic carbocycles. The molecule has 0 radical (unpaired) electrons. The van der Waals surface area contributed by atoms with Crippen molar-refractivity contribution in [2.24, 2.45) is 0 Å². The predicted octanol–water partition coefficient (Wildman–Crippen LogP) is 2.85. The molecule has 2 aromatic rings. The van der Waals surface area contributed by atoms with Crippen molar-refractivity contribution in [3.63, 3.8) is 0 Å². The third-order valence-corrected chi connectivity index (χ3v) is 6.85. The highest BCUT2D eigenvalue weighted by molar-refractivity contribution is 7.93. The van der Waals surface area contributed by atoms with Crippen LogP contribution in [0.3, 0.4) is 0 Å². The van der Waals surface area contributed by atoms with Gasteiger partial charge in [-0.15, -0.1) is 0 Å². The molecule has 7 nitrogen and oxygen atoms in total. The lowest BCUT2D eigenvalue weighted by molar-refractivity contribution is 0.356. The molecule has 0 amide bonds. The Bertz CT molecular complexity index is 1120. The first-order chi connectivity index (χ1) is 13.1. The van der Waals surface area contributed by atoms with Crippen LogP contribution in [0.2, 0.25) is 0 Å². The summed E-state index contributed by atoms with van der Waals surface area (Å²) in [4.78, 5) is -0.117. The number of sulfonamides is 2. The molecule has 28 heavy (non-hydrogen) atoms. The fourth-order valence-corrected chi connectivity index (χ4v) is 4.97. The highest BCUT2D eigenvalue weighted by Gasteiger charge is 2.22. The number of rotatable bonds is 7. The molecule has 0 saturated carbocycles. The van der Waals surface area contributed by atoms with E-state index in [2.05, 4.69) is 0 Å². The van der Waals surface area contributed by atoms with Crippen LogP contribution in [-0.2, 0) is 26.5 Å². The van der Waals surface area contributed by atoms with Crippen molar-refractivity contribution in [2.75, 3.05) is 21.8 Å². The van der Waals surface area contributed by atoms with E-state index in [4.69, 9.17) is 4.74 Å². The summed E-state index contributed by atoms with van der Waals surface area (Å²) in [5.41, 5.74) is -0.419. The molecule has 11 heteroatoms. The number of hydrogen-bond donors (Lipinski definition) is 2. The summed E-state index contributed by atoms with van der Waals surface area (Å²) >= 11 is 0. The largest absolute Gasteiger partial charge is 0.493 e. The minimum atomic E-state index is -4.19. The van der Waals surface area contributed by atoms with Gasteiger partial charge in [0, 0.05) is 12.5 Å². The minimum absolute atomic E-state index is 0.117. The maximum atomic E-state index is 14.1. The second kappa shape index (κ2) is 7.55. The van der Waals surface area contributed by atoms with E-state index in [-0.39, 0.29) is 10.6 Å². The van der Waals surface area contributed by atoms with Gasteiger partial charge in [0.1, 0.15) is 17.4 Å². The zero-order valence-corrected chi connectivity index (χ0v) is 16.5. The Kier molecular flexibility index (Phi) is 5.48. The SMILES string of the molecule is CCCS(=O)(=O)Nc1cc(NS(=O)(=O)c2ccc3c(c2)CCO3)c(F)cc1F.